The van der Waals surface area contributed by atoms with Crippen molar-refractivity contribution in [3.8, 4) is 11.5 Å². The number of amides is 1. The third-order valence-electron chi connectivity index (χ3n) is 6.68. The number of likely N-dealkylation sites (N-methyl/N-ethyl adjacent to an activating group) is 1. The summed E-state index contributed by atoms with van der Waals surface area (Å²) < 4.78 is 11.7. The lowest BCUT2D eigenvalue weighted by Gasteiger charge is -2.26. The zero-order valence-corrected chi connectivity index (χ0v) is 23.0. The lowest BCUT2D eigenvalue weighted by atomic mass is 9.94. The fraction of sp³-hybridized carbons (Fsp3) is 0.312. The van der Waals surface area contributed by atoms with E-state index in [1.807, 2.05) is 87.4 Å². The van der Waals surface area contributed by atoms with E-state index in [1.165, 1.54) is 0 Å². The number of ketones is 1. The minimum Gasteiger partial charge on any atom is -0.507 e. The van der Waals surface area contributed by atoms with Crippen molar-refractivity contribution in [3.63, 3.8) is 0 Å². The summed E-state index contributed by atoms with van der Waals surface area (Å²) >= 11 is 0. The van der Waals surface area contributed by atoms with Gasteiger partial charge in [-0.3, -0.25) is 9.59 Å². The standard InChI is InChI=1S/C32H36N2O5/c1-5-19-38-27-16-13-25(20-22(27)2)30(35)28-29(34(18-17-33(3)4)32(37)31(28)36)24-11-14-26(15-12-24)39-21-23-9-7-6-8-10-23/h6-16,20,29,35H,5,17-19,21H2,1-4H3. The number of nitrogens with zero attached hydrogens (tertiary/aromatic N) is 2. The zero-order valence-electron chi connectivity index (χ0n) is 23.0. The molecule has 3 aromatic rings. The van der Waals surface area contributed by atoms with E-state index in [2.05, 4.69) is 0 Å². The minimum atomic E-state index is -0.718. The Labute approximate surface area is 230 Å². The highest BCUT2D eigenvalue weighted by Gasteiger charge is 2.45. The number of aliphatic hydroxyl groups excluding tert-OH is 1. The Morgan fingerprint density at radius 3 is 2.33 bits per heavy atom. The first-order valence-electron chi connectivity index (χ1n) is 13.2. The number of aliphatic hydroxyl groups is 1. The smallest absolute Gasteiger partial charge is 0.295 e. The van der Waals surface area contributed by atoms with Crippen LogP contribution in [0.3, 0.4) is 0 Å². The molecule has 3 aromatic carbocycles. The van der Waals surface area contributed by atoms with E-state index in [-0.39, 0.29) is 11.3 Å². The molecule has 7 nitrogen and oxygen atoms in total. The van der Waals surface area contributed by atoms with Crippen LogP contribution in [-0.4, -0.2) is 60.4 Å². The predicted molar refractivity (Wildman–Crippen MR) is 152 cm³/mol. The second-order valence-electron chi connectivity index (χ2n) is 9.97. The molecule has 4 rings (SSSR count). The average molecular weight is 529 g/mol. The number of hydrogen-bond donors (Lipinski definition) is 1. The Hall–Kier alpha value is -4.10. The number of rotatable bonds is 11. The van der Waals surface area contributed by atoms with Crippen molar-refractivity contribution >= 4 is 17.4 Å². The first kappa shape index (κ1) is 27.9. The van der Waals surface area contributed by atoms with Crippen LogP contribution in [0, 0.1) is 6.92 Å². The Bertz CT molecular complexity index is 1330. The van der Waals surface area contributed by atoms with Gasteiger partial charge < -0.3 is 24.4 Å². The summed E-state index contributed by atoms with van der Waals surface area (Å²) in [5.74, 6) is -0.106. The van der Waals surface area contributed by atoms with Crippen LogP contribution in [0.5, 0.6) is 11.5 Å². The summed E-state index contributed by atoms with van der Waals surface area (Å²) in [6.07, 6.45) is 0.883. The highest BCUT2D eigenvalue weighted by Crippen LogP contribution is 2.40. The number of carbonyl (C=O) groups excluding carboxylic acids is 2. The second-order valence-corrected chi connectivity index (χ2v) is 9.97. The molecule has 1 N–H and O–H groups in total. The Balaban J connectivity index is 1.68. The number of benzene rings is 3. The van der Waals surface area contributed by atoms with Crippen molar-refractivity contribution in [1.82, 2.24) is 9.80 Å². The van der Waals surface area contributed by atoms with E-state index in [4.69, 9.17) is 9.47 Å². The van der Waals surface area contributed by atoms with Gasteiger partial charge in [-0.15, -0.1) is 0 Å². The van der Waals surface area contributed by atoms with Gasteiger partial charge in [0, 0.05) is 18.7 Å². The first-order chi connectivity index (χ1) is 18.8. The molecule has 1 atom stereocenters. The van der Waals surface area contributed by atoms with Crippen LogP contribution in [0.25, 0.3) is 5.76 Å². The van der Waals surface area contributed by atoms with Gasteiger partial charge in [0.25, 0.3) is 11.7 Å². The topological polar surface area (TPSA) is 79.3 Å². The van der Waals surface area contributed by atoms with Crippen molar-refractivity contribution in [2.45, 2.75) is 32.9 Å². The molecule has 0 radical (unpaired) electrons. The molecule has 0 aliphatic carbocycles. The molecule has 1 aliphatic rings. The van der Waals surface area contributed by atoms with E-state index < -0.39 is 17.7 Å². The van der Waals surface area contributed by atoms with Gasteiger partial charge in [-0.2, -0.15) is 0 Å². The van der Waals surface area contributed by atoms with Crippen LogP contribution >= 0.6 is 0 Å². The number of likely N-dealkylation sites (tertiary alicyclic amines) is 1. The van der Waals surface area contributed by atoms with Gasteiger partial charge in [0.2, 0.25) is 0 Å². The molecule has 1 saturated heterocycles. The number of aryl methyl sites for hydroxylation is 1. The van der Waals surface area contributed by atoms with E-state index in [1.54, 1.807) is 23.1 Å². The van der Waals surface area contributed by atoms with Gasteiger partial charge in [-0.25, -0.2) is 0 Å². The number of ether oxygens (including phenoxy) is 2. The molecular formula is C32H36N2O5. The molecule has 0 bridgehead atoms. The lowest BCUT2D eigenvalue weighted by Crippen LogP contribution is -2.35. The number of Topliss-reactive ketones (excluding diaryl/α,β-unsaturated/α-hetero) is 1. The molecule has 204 valence electrons. The summed E-state index contributed by atoms with van der Waals surface area (Å²) in [6.45, 7) is 5.86. The molecule has 39 heavy (non-hydrogen) atoms. The van der Waals surface area contributed by atoms with Crippen molar-refractivity contribution in [2.24, 2.45) is 0 Å². The lowest BCUT2D eigenvalue weighted by molar-refractivity contribution is -0.140. The van der Waals surface area contributed by atoms with Crippen molar-refractivity contribution in [2.75, 3.05) is 33.8 Å². The van der Waals surface area contributed by atoms with Crippen LogP contribution in [0.1, 0.15) is 41.6 Å². The van der Waals surface area contributed by atoms with Gasteiger partial charge in [-0.1, -0.05) is 49.4 Å². The fourth-order valence-electron chi connectivity index (χ4n) is 4.58. The highest BCUT2D eigenvalue weighted by atomic mass is 16.5. The largest absolute Gasteiger partial charge is 0.507 e. The Kier molecular flexibility index (Phi) is 9.04. The first-order valence-corrected chi connectivity index (χ1v) is 13.2. The maximum Gasteiger partial charge on any atom is 0.295 e. The number of carbonyl (C=O) groups is 2. The molecule has 0 saturated carbocycles. The van der Waals surface area contributed by atoms with Gasteiger partial charge in [0.1, 0.15) is 23.9 Å². The monoisotopic (exact) mass is 528 g/mol. The molecule has 1 heterocycles. The van der Waals surface area contributed by atoms with Crippen LogP contribution in [0.4, 0.5) is 0 Å². The van der Waals surface area contributed by atoms with Crippen molar-refractivity contribution in [3.05, 3.63) is 101 Å². The van der Waals surface area contributed by atoms with Crippen LogP contribution < -0.4 is 9.47 Å². The highest BCUT2D eigenvalue weighted by molar-refractivity contribution is 6.46. The van der Waals surface area contributed by atoms with E-state index >= 15 is 0 Å². The van der Waals surface area contributed by atoms with Gasteiger partial charge in [-0.05, 0) is 74.5 Å². The maximum absolute atomic E-state index is 13.3. The van der Waals surface area contributed by atoms with Crippen LogP contribution in [0.15, 0.2) is 78.4 Å². The SMILES string of the molecule is CCCOc1ccc(C(O)=C2C(=O)C(=O)N(CCN(C)C)C2c2ccc(OCc3ccccc3)cc2)cc1C. The molecule has 1 aliphatic heterocycles. The summed E-state index contributed by atoms with van der Waals surface area (Å²) in [6, 6.07) is 21.8. The predicted octanol–water partition coefficient (Wildman–Crippen LogP) is 5.35. The third kappa shape index (κ3) is 6.49. The van der Waals surface area contributed by atoms with Crippen LogP contribution in [0.2, 0.25) is 0 Å². The normalized spacial score (nSPS) is 16.6. The third-order valence-corrected chi connectivity index (χ3v) is 6.68. The Morgan fingerprint density at radius 1 is 0.974 bits per heavy atom. The second kappa shape index (κ2) is 12.6. The quantitative estimate of drug-likeness (QED) is 0.205. The summed E-state index contributed by atoms with van der Waals surface area (Å²) in [4.78, 5) is 30.0. The van der Waals surface area contributed by atoms with Gasteiger partial charge in [0.05, 0.1) is 18.2 Å². The molecule has 7 heteroatoms. The van der Waals surface area contributed by atoms with Gasteiger partial charge in [0.15, 0.2) is 0 Å². The fourth-order valence-corrected chi connectivity index (χ4v) is 4.58. The molecule has 0 spiro atoms. The van der Waals surface area contributed by atoms with E-state index in [0.29, 0.717) is 37.6 Å². The zero-order chi connectivity index (χ0) is 27.9. The van der Waals surface area contributed by atoms with Gasteiger partial charge >= 0.3 is 0 Å². The average Bonchev–Trinajstić information content (AvgIpc) is 3.19. The van der Waals surface area contributed by atoms with Crippen molar-refractivity contribution in [1.29, 1.82) is 0 Å². The molecule has 1 amide bonds. The molecule has 1 unspecified atom stereocenters. The summed E-state index contributed by atoms with van der Waals surface area (Å²) in [5, 5.41) is 11.4. The van der Waals surface area contributed by atoms with E-state index in [0.717, 1.165) is 28.9 Å². The minimum absolute atomic E-state index is 0.0818. The summed E-state index contributed by atoms with van der Waals surface area (Å²) in [7, 11) is 3.82. The molecular weight excluding hydrogens is 492 g/mol. The molecule has 1 fully saturated rings. The summed E-state index contributed by atoms with van der Waals surface area (Å²) in [5.41, 5.74) is 3.17. The Morgan fingerprint density at radius 2 is 1.69 bits per heavy atom. The maximum atomic E-state index is 13.3. The number of hydrogen-bond acceptors (Lipinski definition) is 6. The van der Waals surface area contributed by atoms with Crippen molar-refractivity contribution < 1.29 is 24.2 Å². The van der Waals surface area contributed by atoms with Crippen LogP contribution in [-0.2, 0) is 16.2 Å². The van der Waals surface area contributed by atoms with E-state index in [9.17, 15) is 14.7 Å². The molecule has 0 aromatic heterocycles.